The number of hydrogen-bond acceptors (Lipinski definition) is 6. The summed E-state index contributed by atoms with van der Waals surface area (Å²) in [7, 11) is 3.04. The molecule has 0 amide bonds. The monoisotopic (exact) mass is 315 g/mol. The predicted molar refractivity (Wildman–Crippen MR) is 83.0 cm³/mol. The number of aromatic nitrogens is 2. The molecular weight excluding hydrogens is 302 g/mol. The molecule has 3 aromatic rings. The van der Waals surface area contributed by atoms with Crippen molar-refractivity contribution in [2.45, 2.75) is 0 Å². The van der Waals surface area contributed by atoms with Crippen molar-refractivity contribution in [2.24, 2.45) is 0 Å². The molecule has 0 aliphatic heterocycles. The van der Waals surface area contributed by atoms with Gasteiger partial charge in [-0.15, -0.1) is 0 Å². The smallest absolute Gasteiger partial charge is 0.311 e. The topological polar surface area (TPSA) is 111 Å². The summed E-state index contributed by atoms with van der Waals surface area (Å²) in [6.07, 6.45) is 0. The van der Waals surface area contributed by atoms with Gasteiger partial charge in [0.05, 0.1) is 24.7 Å². The van der Waals surface area contributed by atoms with E-state index >= 15 is 0 Å². The molecule has 0 radical (unpaired) electrons. The van der Waals surface area contributed by atoms with Crippen LogP contribution in [0.15, 0.2) is 30.3 Å². The van der Waals surface area contributed by atoms with Crippen molar-refractivity contribution in [1.82, 2.24) is 9.97 Å². The van der Waals surface area contributed by atoms with Crippen LogP contribution in [0.25, 0.3) is 22.4 Å². The number of fused-ring (bicyclic) bond motifs is 1. The van der Waals surface area contributed by atoms with Crippen molar-refractivity contribution in [2.75, 3.05) is 14.2 Å². The maximum absolute atomic E-state index is 10.9. The highest BCUT2D eigenvalue weighted by molar-refractivity contribution is 5.87. The lowest BCUT2D eigenvalue weighted by Gasteiger charge is -2.06. The first-order valence-electron chi connectivity index (χ1n) is 6.63. The zero-order valence-corrected chi connectivity index (χ0v) is 12.4. The van der Waals surface area contributed by atoms with Crippen molar-refractivity contribution < 1.29 is 19.5 Å². The minimum absolute atomic E-state index is 0.382. The zero-order valence-electron chi connectivity index (χ0n) is 12.4. The molecule has 0 saturated heterocycles. The van der Waals surface area contributed by atoms with E-state index in [1.807, 2.05) is 0 Å². The van der Waals surface area contributed by atoms with Gasteiger partial charge in [0, 0.05) is 11.6 Å². The van der Waals surface area contributed by atoms with E-state index in [2.05, 4.69) is 9.97 Å². The van der Waals surface area contributed by atoms with Gasteiger partial charge in [0.25, 0.3) is 0 Å². The number of nitrogens with zero attached hydrogens (tertiary/aromatic N) is 2. The Labute approximate surface area is 130 Å². The van der Waals surface area contributed by atoms with Crippen LogP contribution in [0, 0.1) is 10.1 Å². The summed E-state index contributed by atoms with van der Waals surface area (Å²) in [6.45, 7) is 0. The molecule has 23 heavy (non-hydrogen) atoms. The van der Waals surface area contributed by atoms with Gasteiger partial charge in [-0.05, 0) is 24.3 Å². The molecule has 2 aromatic carbocycles. The molecule has 0 atom stereocenters. The number of H-pyrrole nitrogens is 1. The quantitative estimate of drug-likeness (QED) is 0.566. The normalized spacial score (nSPS) is 10.7. The number of aromatic amines is 1. The molecule has 0 fully saturated rings. The number of aromatic hydroxyl groups is 1. The molecule has 1 aromatic heterocycles. The lowest BCUT2D eigenvalue weighted by Crippen LogP contribution is -1.91. The van der Waals surface area contributed by atoms with E-state index in [9.17, 15) is 15.2 Å². The zero-order chi connectivity index (χ0) is 16.6. The van der Waals surface area contributed by atoms with E-state index in [1.165, 1.54) is 26.4 Å². The van der Waals surface area contributed by atoms with Crippen LogP contribution in [0.4, 0.5) is 5.69 Å². The van der Waals surface area contributed by atoms with Gasteiger partial charge >= 0.3 is 5.69 Å². The molecule has 0 unspecified atom stereocenters. The second-order valence-corrected chi connectivity index (χ2v) is 4.74. The van der Waals surface area contributed by atoms with E-state index in [4.69, 9.17) is 9.47 Å². The Hall–Kier alpha value is -3.29. The molecule has 8 nitrogen and oxygen atoms in total. The molecule has 0 aliphatic rings. The minimum atomic E-state index is -0.648. The van der Waals surface area contributed by atoms with Crippen LogP contribution in [0.2, 0.25) is 0 Å². The van der Waals surface area contributed by atoms with Crippen molar-refractivity contribution in [1.29, 1.82) is 0 Å². The van der Waals surface area contributed by atoms with E-state index < -0.39 is 10.7 Å². The fraction of sp³-hybridized carbons (Fsp3) is 0.133. The van der Waals surface area contributed by atoms with Gasteiger partial charge in [-0.3, -0.25) is 10.1 Å². The number of ether oxygens (including phenoxy) is 2. The predicted octanol–water partition coefficient (Wildman–Crippen LogP) is 2.86. The SMILES string of the molecule is COc1ccc2[nH]c(-c3ccc(O)c([N+](=O)[O-])c3)nc2c1OC. The largest absolute Gasteiger partial charge is 0.502 e. The van der Waals surface area contributed by atoms with Crippen LogP contribution < -0.4 is 9.47 Å². The highest BCUT2D eigenvalue weighted by Crippen LogP contribution is 2.36. The van der Waals surface area contributed by atoms with Crippen molar-refractivity contribution in [3.63, 3.8) is 0 Å². The summed E-state index contributed by atoms with van der Waals surface area (Å²) < 4.78 is 10.5. The Bertz CT molecular complexity index is 904. The lowest BCUT2D eigenvalue weighted by molar-refractivity contribution is -0.385. The Balaban J connectivity index is 2.18. The van der Waals surface area contributed by atoms with E-state index in [-0.39, 0.29) is 5.69 Å². The molecule has 0 spiro atoms. The summed E-state index contributed by atoms with van der Waals surface area (Å²) >= 11 is 0. The molecule has 2 N–H and O–H groups in total. The Morgan fingerprint density at radius 2 is 2.00 bits per heavy atom. The molecule has 0 aliphatic carbocycles. The lowest BCUT2D eigenvalue weighted by atomic mass is 10.2. The molecule has 8 heteroatoms. The maximum atomic E-state index is 10.9. The van der Waals surface area contributed by atoms with Crippen molar-refractivity contribution >= 4 is 16.7 Å². The first-order chi connectivity index (χ1) is 11.0. The summed E-state index contributed by atoms with van der Waals surface area (Å²) in [6, 6.07) is 7.59. The van der Waals surface area contributed by atoms with Crippen LogP contribution in [0.3, 0.4) is 0 Å². The first kappa shape index (κ1) is 14.6. The number of nitrogens with one attached hydrogen (secondary N) is 1. The summed E-state index contributed by atoms with van der Waals surface area (Å²) in [5.74, 6) is 1.04. The first-order valence-corrected chi connectivity index (χ1v) is 6.63. The Kier molecular flexibility index (Phi) is 3.49. The van der Waals surface area contributed by atoms with Crippen LogP contribution in [0.1, 0.15) is 0 Å². The number of methoxy groups -OCH3 is 2. The summed E-state index contributed by atoms with van der Waals surface area (Å²) in [5.41, 5.74) is 1.35. The van der Waals surface area contributed by atoms with Crippen molar-refractivity contribution in [3.05, 3.63) is 40.4 Å². The number of hydrogen-bond donors (Lipinski definition) is 2. The molecule has 0 saturated carbocycles. The van der Waals surface area contributed by atoms with Gasteiger partial charge in [-0.2, -0.15) is 0 Å². The number of phenols is 1. The Morgan fingerprint density at radius 3 is 2.65 bits per heavy atom. The van der Waals surface area contributed by atoms with Gasteiger partial charge < -0.3 is 19.6 Å². The highest BCUT2D eigenvalue weighted by atomic mass is 16.6. The van der Waals surface area contributed by atoms with E-state index in [0.29, 0.717) is 33.9 Å². The molecule has 118 valence electrons. The maximum Gasteiger partial charge on any atom is 0.311 e. The van der Waals surface area contributed by atoms with Gasteiger partial charge in [0.1, 0.15) is 11.3 Å². The minimum Gasteiger partial charge on any atom is -0.502 e. The van der Waals surface area contributed by atoms with Gasteiger partial charge in [0.2, 0.25) is 0 Å². The molecule has 0 bridgehead atoms. The third kappa shape index (κ3) is 2.39. The van der Waals surface area contributed by atoms with Crippen molar-refractivity contribution in [3.8, 4) is 28.6 Å². The Morgan fingerprint density at radius 1 is 1.22 bits per heavy atom. The summed E-state index contributed by atoms with van der Waals surface area (Å²) in [5, 5.41) is 20.5. The number of benzene rings is 2. The van der Waals surface area contributed by atoms with E-state index in [1.54, 1.807) is 18.2 Å². The molecule has 1 heterocycles. The average molecular weight is 315 g/mol. The van der Waals surface area contributed by atoms with Crippen LogP contribution >= 0.6 is 0 Å². The number of phenolic OH excluding ortho intramolecular Hbond substituents is 1. The number of rotatable bonds is 4. The molecule has 3 rings (SSSR count). The average Bonchev–Trinajstić information content (AvgIpc) is 2.97. The van der Waals surface area contributed by atoms with Gasteiger partial charge in [-0.1, -0.05) is 0 Å². The number of nitro benzene ring substituents is 1. The van der Waals surface area contributed by atoms with Crippen LogP contribution in [-0.2, 0) is 0 Å². The molecular formula is C15H13N3O5. The van der Waals surface area contributed by atoms with E-state index in [0.717, 1.165) is 0 Å². The standard InChI is InChI=1S/C15H13N3O5/c1-22-12-6-4-9-13(14(12)23-2)17-15(16-9)8-3-5-11(19)10(7-8)18(20)21/h3-7,19H,1-2H3,(H,16,17). The fourth-order valence-corrected chi connectivity index (χ4v) is 2.34. The van der Waals surface area contributed by atoms with Gasteiger partial charge in [-0.25, -0.2) is 4.98 Å². The third-order valence-corrected chi connectivity index (χ3v) is 3.44. The van der Waals surface area contributed by atoms with Gasteiger partial charge in [0.15, 0.2) is 17.2 Å². The second kappa shape index (κ2) is 5.48. The van der Waals surface area contributed by atoms with Crippen LogP contribution in [-0.4, -0.2) is 34.2 Å². The number of imidazole rings is 1. The summed E-state index contributed by atoms with van der Waals surface area (Å²) in [4.78, 5) is 17.8. The fourth-order valence-electron chi connectivity index (χ4n) is 2.34. The number of nitro groups is 1. The second-order valence-electron chi connectivity index (χ2n) is 4.74. The highest BCUT2D eigenvalue weighted by Gasteiger charge is 2.18. The third-order valence-electron chi connectivity index (χ3n) is 3.44. The van der Waals surface area contributed by atoms with Crippen LogP contribution in [0.5, 0.6) is 17.2 Å².